The predicted octanol–water partition coefficient (Wildman–Crippen LogP) is 0.751. The van der Waals surface area contributed by atoms with Gasteiger partial charge in [0.15, 0.2) is 0 Å². The van der Waals surface area contributed by atoms with Gasteiger partial charge in [-0.25, -0.2) is 0 Å². The highest BCUT2D eigenvalue weighted by atomic mass is 16.2. The third-order valence-electron chi connectivity index (χ3n) is 7.22. The summed E-state index contributed by atoms with van der Waals surface area (Å²) in [5, 5.41) is 2.90. The predicted molar refractivity (Wildman–Crippen MR) is 139 cm³/mol. The van der Waals surface area contributed by atoms with Crippen LogP contribution in [0.5, 0.6) is 0 Å². The SMILES string of the molecule is NC(=O)C1CCCN1C(=O)C(Cc1ccccc1)NC(=O)C1CCCN1C(=O)C(N)Cc1ccccc1. The van der Waals surface area contributed by atoms with Gasteiger partial charge in [-0.3, -0.25) is 19.2 Å². The third-order valence-corrected chi connectivity index (χ3v) is 7.22. The Kier molecular flexibility index (Phi) is 8.55. The van der Waals surface area contributed by atoms with Gasteiger partial charge in [-0.05, 0) is 43.2 Å². The molecular weight excluding hydrogens is 470 g/mol. The first-order chi connectivity index (χ1) is 17.8. The van der Waals surface area contributed by atoms with Gasteiger partial charge in [0, 0.05) is 19.5 Å². The zero-order valence-electron chi connectivity index (χ0n) is 20.9. The fourth-order valence-electron chi connectivity index (χ4n) is 5.32. The standard InChI is InChI=1S/C28H35N5O4/c29-21(17-19-9-3-1-4-10-19)27(36)33-16-8-14-24(33)26(35)31-22(18-20-11-5-2-6-12-20)28(37)32-15-7-13-23(32)25(30)34/h1-6,9-12,21-24H,7-8,13-18,29H2,(H2,30,34)(H,31,35). The van der Waals surface area contributed by atoms with Crippen LogP contribution in [0, 0.1) is 0 Å². The summed E-state index contributed by atoms with van der Waals surface area (Å²) < 4.78 is 0. The normalized spacial score (nSPS) is 20.9. The van der Waals surface area contributed by atoms with E-state index in [0.29, 0.717) is 45.2 Å². The van der Waals surface area contributed by atoms with Crippen molar-refractivity contribution in [1.82, 2.24) is 15.1 Å². The van der Waals surface area contributed by atoms with E-state index in [1.54, 1.807) is 0 Å². The number of carbonyl (C=O) groups is 4. The molecule has 0 radical (unpaired) electrons. The van der Waals surface area contributed by atoms with Gasteiger partial charge >= 0.3 is 0 Å². The van der Waals surface area contributed by atoms with Crippen molar-refractivity contribution < 1.29 is 19.2 Å². The van der Waals surface area contributed by atoms with E-state index in [4.69, 9.17) is 11.5 Å². The molecule has 0 spiro atoms. The van der Waals surface area contributed by atoms with Crippen LogP contribution in [0.3, 0.4) is 0 Å². The lowest BCUT2D eigenvalue weighted by Crippen LogP contribution is -2.57. The van der Waals surface area contributed by atoms with E-state index < -0.39 is 30.1 Å². The average molecular weight is 506 g/mol. The van der Waals surface area contributed by atoms with E-state index in [0.717, 1.165) is 11.1 Å². The largest absolute Gasteiger partial charge is 0.368 e. The van der Waals surface area contributed by atoms with Crippen LogP contribution in [0.25, 0.3) is 0 Å². The van der Waals surface area contributed by atoms with E-state index in [-0.39, 0.29) is 24.1 Å². The molecule has 9 nitrogen and oxygen atoms in total. The van der Waals surface area contributed by atoms with Gasteiger partial charge in [-0.15, -0.1) is 0 Å². The Morgan fingerprint density at radius 1 is 0.784 bits per heavy atom. The molecule has 2 heterocycles. The number of likely N-dealkylation sites (tertiary alicyclic amines) is 2. The Morgan fingerprint density at radius 2 is 1.30 bits per heavy atom. The molecular formula is C28H35N5O4. The lowest BCUT2D eigenvalue weighted by Gasteiger charge is -2.31. The Labute approximate surface area is 217 Å². The number of primary amides is 1. The second-order valence-electron chi connectivity index (χ2n) is 9.83. The van der Waals surface area contributed by atoms with Gasteiger partial charge in [0.2, 0.25) is 23.6 Å². The topological polar surface area (TPSA) is 139 Å². The monoisotopic (exact) mass is 505 g/mol. The van der Waals surface area contributed by atoms with E-state index in [1.807, 2.05) is 60.7 Å². The zero-order valence-corrected chi connectivity index (χ0v) is 20.9. The van der Waals surface area contributed by atoms with E-state index in [1.165, 1.54) is 9.80 Å². The smallest absolute Gasteiger partial charge is 0.246 e. The van der Waals surface area contributed by atoms with Crippen molar-refractivity contribution in [3.8, 4) is 0 Å². The molecule has 9 heteroatoms. The molecule has 5 N–H and O–H groups in total. The van der Waals surface area contributed by atoms with E-state index >= 15 is 0 Å². The lowest BCUT2D eigenvalue weighted by molar-refractivity contribution is -0.143. The molecule has 2 aromatic carbocycles. The maximum atomic E-state index is 13.5. The molecule has 0 bridgehead atoms. The van der Waals surface area contributed by atoms with Crippen LogP contribution in [0.15, 0.2) is 60.7 Å². The summed E-state index contributed by atoms with van der Waals surface area (Å²) in [5.41, 5.74) is 13.6. The van der Waals surface area contributed by atoms with Gasteiger partial charge in [-0.1, -0.05) is 60.7 Å². The number of amides is 4. The molecule has 4 unspecified atom stereocenters. The van der Waals surface area contributed by atoms with Crippen LogP contribution in [-0.2, 0) is 32.0 Å². The van der Waals surface area contributed by atoms with Crippen molar-refractivity contribution in [2.24, 2.45) is 11.5 Å². The Bertz CT molecular complexity index is 1110. The Morgan fingerprint density at radius 3 is 1.86 bits per heavy atom. The van der Waals surface area contributed by atoms with E-state index in [2.05, 4.69) is 5.32 Å². The summed E-state index contributed by atoms with van der Waals surface area (Å²) in [6.45, 7) is 0.850. The second kappa shape index (κ2) is 12.0. The molecule has 2 saturated heterocycles. The highest BCUT2D eigenvalue weighted by molar-refractivity contribution is 5.95. The number of hydrogen-bond acceptors (Lipinski definition) is 5. The molecule has 4 amide bonds. The number of nitrogens with zero attached hydrogens (tertiary/aromatic N) is 2. The van der Waals surface area contributed by atoms with Gasteiger partial charge in [-0.2, -0.15) is 0 Å². The minimum absolute atomic E-state index is 0.265. The number of nitrogens with two attached hydrogens (primary N) is 2. The van der Waals surface area contributed by atoms with Gasteiger partial charge in [0.25, 0.3) is 0 Å². The van der Waals surface area contributed by atoms with Crippen molar-refractivity contribution in [3.05, 3.63) is 71.8 Å². The molecule has 0 saturated carbocycles. The van der Waals surface area contributed by atoms with Crippen LogP contribution in [0.1, 0.15) is 36.8 Å². The number of nitrogens with one attached hydrogen (secondary N) is 1. The Balaban J connectivity index is 1.48. The summed E-state index contributed by atoms with van der Waals surface area (Å²) in [7, 11) is 0. The number of carbonyl (C=O) groups excluding carboxylic acids is 4. The molecule has 2 aromatic rings. The van der Waals surface area contributed by atoms with Gasteiger partial charge < -0.3 is 26.6 Å². The maximum absolute atomic E-state index is 13.5. The first-order valence-electron chi connectivity index (χ1n) is 12.9. The van der Waals surface area contributed by atoms with E-state index in [9.17, 15) is 19.2 Å². The fraction of sp³-hybridized carbons (Fsp3) is 0.429. The second-order valence-corrected chi connectivity index (χ2v) is 9.83. The summed E-state index contributed by atoms with van der Waals surface area (Å²) in [4.78, 5) is 55.1. The van der Waals surface area contributed by atoms with Crippen LogP contribution >= 0.6 is 0 Å². The first kappa shape index (κ1) is 26.3. The fourth-order valence-corrected chi connectivity index (χ4v) is 5.32. The highest BCUT2D eigenvalue weighted by Gasteiger charge is 2.40. The summed E-state index contributed by atoms with van der Waals surface area (Å²) in [6, 6.07) is 15.9. The minimum Gasteiger partial charge on any atom is -0.368 e. The number of hydrogen-bond donors (Lipinski definition) is 3. The third kappa shape index (κ3) is 6.35. The van der Waals surface area contributed by atoms with Crippen molar-refractivity contribution in [2.45, 2.75) is 62.7 Å². The molecule has 0 aromatic heterocycles. The molecule has 2 fully saturated rings. The average Bonchev–Trinajstić information content (AvgIpc) is 3.59. The molecule has 4 rings (SSSR count). The lowest BCUT2D eigenvalue weighted by atomic mass is 10.0. The molecule has 2 aliphatic heterocycles. The van der Waals surface area contributed by atoms with Gasteiger partial charge in [0.1, 0.15) is 18.1 Å². The number of rotatable bonds is 9. The summed E-state index contributed by atoms with van der Waals surface area (Å²) >= 11 is 0. The highest BCUT2D eigenvalue weighted by Crippen LogP contribution is 2.22. The van der Waals surface area contributed by atoms with Crippen molar-refractivity contribution in [2.75, 3.05) is 13.1 Å². The van der Waals surface area contributed by atoms with Crippen molar-refractivity contribution in [3.63, 3.8) is 0 Å². The summed E-state index contributed by atoms with van der Waals surface area (Å²) in [5.74, 6) is -1.55. The van der Waals surface area contributed by atoms with Crippen LogP contribution in [0.2, 0.25) is 0 Å². The molecule has 196 valence electrons. The van der Waals surface area contributed by atoms with Crippen molar-refractivity contribution in [1.29, 1.82) is 0 Å². The first-order valence-corrected chi connectivity index (χ1v) is 12.9. The number of benzene rings is 2. The van der Waals surface area contributed by atoms with Crippen LogP contribution < -0.4 is 16.8 Å². The zero-order chi connectivity index (χ0) is 26.4. The van der Waals surface area contributed by atoms with Gasteiger partial charge in [0.05, 0.1) is 6.04 Å². The summed E-state index contributed by atoms with van der Waals surface area (Å²) in [6.07, 6.45) is 3.00. The molecule has 4 atom stereocenters. The van der Waals surface area contributed by atoms with Crippen molar-refractivity contribution >= 4 is 23.6 Å². The molecule has 0 aliphatic carbocycles. The maximum Gasteiger partial charge on any atom is 0.246 e. The van der Waals surface area contributed by atoms with Crippen LogP contribution in [0.4, 0.5) is 0 Å². The molecule has 37 heavy (non-hydrogen) atoms. The van der Waals surface area contributed by atoms with Crippen LogP contribution in [-0.4, -0.2) is 70.7 Å². The molecule has 2 aliphatic rings. The quantitative estimate of drug-likeness (QED) is 0.462. The minimum atomic E-state index is -0.884. The Hall–Kier alpha value is -3.72.